The van der Waals surface area contributed by atoms with Gasteiger partial charge in [-0.2, -0.15) is 0 Å². The van der Waals surface area contributed by atoms with Gasteiger partial charge >= 0.3 is 0 Å². The van der Waals surface area contributed by atoms with Crippen molar-refractivity contribution in [2.45, 2.75) is 65.0 Å². The Morgan fingerprint density at radius 1 is 1.17 bits per heavy atom. The monoisotopic (exact) mass is 346 g/mol. The van der Waals surface area contributed by atoms with E-state index in [1.165, 1.54) is 0 Å². The van der Waals surface area contributed by atoms with Gasteiger partial charge in [0.2, 0.25) is 0 Å². The minimum absolute atomic E-state index is 0.0382. The van der Waals surface area contributed by atoms with E-state index in [1.54, 1.807) is 13.8 Å². The molecule has 1 aromatic carbocycles. The van der Waals surface area contributed by atoms with Crippen LogP contribution in [-0.4, -0.2) is 31.4 Å². The lowest BCUT2D eigenvalue weighted by Crippen LogP contribution is -2.46. The summed E-state index contributed by atoms with van der Waals surface area (Å²) in [5.41, 5.74) is 0.821. The number of carbonyl (C=O) groups excluding carboxylic acids is 1. The first kappa shape index (κ1) is 20.6. The molecule has 0 aliphatic carbocycles. The van der Waals surface area contributed by atoms with Crippen molar-refractivity contribution >= 4 is 14.1 Å². The molecule has 24 heavy (non-hydrogen) atoms. The van der Waals surface area contributed by atoms with E-state index >= 15 is 0 Å². The molecule has 0 bridgehead atoms. The molecule has 0 saturated carbocycles. The van der Waals surface area contributed by atoms with E-state index in [1.807, 2.05) is 30.3 Å². The van der Waals surface area contributed by atoms with Crippen LogP contribution in [0.4, 0.5) is 0 Å². The Morgan fingerprint density at radius 2 is 1.71 bits per heavy atom. The summed E-state index contributed by atoms with van der Waals surface area (Å²) < 4.78 is 6.13. The largest absolute Gasteiger partial charge is 0.407 e. The van der Waals surface area contributed by atoms with Crippen molar-refractivity contribution in [3.63, 3.8) is 0 Å². The van der Waals surface area contributed by atoms with Crippen LogP contribution in [0.5, 0.6) is 0 Å². The molecule has 0 aliphatic rings. The maximum atomic E-state index is 12.6. The summed E-state index contributed by atoms with van der Waals surface area (Å²) >= 11 is 0. The smallest absolute Gasteiger partial charge is 0.193 e. The molecule has 132 valence electrons. The fourth-order valence-electron chi connectivity index (χ4n) is 2.01. The molecule has 0 fully saturated rings. The van der Waals surface area contributed by atoms with Crippen molar-refractivity contribution in [2.75, 3.05) is 0 Å². The second-order valence-electron chi connectivity index (χ2n) is 7.79. The van der Waals surface area contributed by atoms with Gasteiger partial charge in [0, 0.05) is 5.56 Å². The van der Waals surface area contributed by atoms with Gasteiger partial charge in [0.15, 0.2) is 14.1 Å². The third-order valence-electron chi connectivity index (χ3n) is 4.74. The molecule has 0 aromatic heterocycles. The highest BCUT2D eigenvalue weighted by molar-refractivity contribution is 6.74. The molecule has 3 atom stereocenters. The number of hydrogen-bond acceptors (Lipinski definition) is 3. The Bertz CT molecular complexity index is 605. The quantitative estimate of drug-likeness (QED) is 0.647. The molecular formula is C20H30O3Si. The van der Waals surface area contributed by atoms with Crippen molar-refractivity contribution in [3.05, 3.63) is 35.9 Å². The molecule has 1 rings (SSSR count). The van der Waals surface area contributed by atoms with Gasteiger partial charge in [-0.05, 0) is 37.2 Å². The van der Waals surface area contributed by atoms with Crippen molar-refractivity contribution < 1.29 is 14.3 Å². The first-order valence-corrected chi connectivity index (χ1v) is 11.3. The number of benzene rings is 1. The van der Waals surface area contributed by atoms with Crippen LogP contribution in [0.3, 0.4) is 0 Å². The van der Waals surface area contributed by atoms with E-state index in [2.05, 4.69) is 45.7 Å². The summed E-state index contributed by atoms with van der Waals surface area (Å²) in [4.78, 5) is 12.6. The molecule has 1 aromatic rings. The molecule has 1 N–H and O–H groups in total. The van der Waals surface area contributed by atoms with Gasteiger partial charge in [-0.3, -0.25) is 4.79 Å². The van der Waals surface area contributed by atoms with Crippen molar-refractivity contribution in [2.24, 2.45) is 5.92 Å². The highest BCUT2D eigenvalue weighted by atomic mass is 28.4. The van der Waals surface area contributed by atoms with Crippen LogP contribution in [0.1, 0.15) is 40.2 Å². The van der Waals surface area contributed by atoms with Crippen LogP contribution in [-0.2, 0) is 9.22 Å². The lowest BCUT2D eigenvalue weighted by atomic mass is 9.96. The van der Waals surface area contributed by atoms with E-state index in [0.29, 0.717) is 0 Å². The number of carbonyl (C=O) groups is 1. The Labute approximate surface area is 147 Å². The molecule has 4 heteroatoms. The topological polar surface area (TPSA) is 46.5 Å². The minimum Gasteiger partial charge on any atom is -0.407 e. The molecule has 0 radical (unpaired) electrons. The zero-order chi connectivity index (χ0) is 18.5. The fraction of sp³-hybridized carbons (Fsp3) is 0.550. The average Bonchev–Trinajstić information content (AvgIpc) is 2.50. The molecule has 0 unspecified atom stereocenters. The van der Waals surface area contributed by atoms with E-state index in [9.17, 15) is 9.90 Å². The maximum absolute atomic E-state index is 12.6. The van der Waals surface area contributed by atoms with Gasteiger partial charge in [-0.15, -0.1) is 0 Å². The number of rotatable bonds is 5. The van der Waals surface area contributed by atoms with E-state index in [0.717, 1.165) is 5.56 Å². The average molecular weight is 347 g/mol. The zero-order valence-electron chi connectivity index (χ0n) is 15.9. The summed E-state index contributed by atoms with van der Waals surface area (Å²) in [6.07, 6.45) is -1.53. The Kier molecular flexibility index (Phi) is 6.97. The van der Waals surface area contributed by atoms with Gasteiger partial charge < -0.3 is 9.53 Å². The summed E-state index contributed by atoms with van der Waals surface area (Å²) in [5.74, 6) is 4.99. The van der Waals surface area contributed by atoms with Gasteiger partial charge in [-0.1, -0.05) is 57.7 Å². The van der Waals surface area contributed by atoms with E-state index < -0.39 is 26.4 Å². The van der Waals surface area contributed by atoms with Crippen LogP contribution in [0.25, 0.3) is 0 Å². The molecular weight excluding hydrogens is 316 g/mol. The molecule has 0 heterocycles. The Balaban J connectivity index is 2.75. The van der Waals surface area contributed by atoms with Gasteiger partial charge in [0.25, 0.3) is 0 Å². The van der Waals surface area contributed by atoms with Crippen molar-refractivity contribution in [1.82, 2.24) is 0 Å². The van der Waals surface area contributed by atoms with E-state index in [-0.39, 0.29) is 10.8 Å². The second-order valence-corrected chi connectivity index (χ2v) is 12.5. The number of aliphatic hydroxyl groups is 1. The summed E-state index contributed by atoms with van der Waals surface area (Å²) in [7, 11) is -2.02. The van der Waals surface area contributed by atoms with Crippen molar-refractivity contribution in [3.8, 4) is 11.8 Å². The number of Topliss-reactive ketones (excluding diaryl/α,β-unsaturated/α-hetero) is 1. The van der Waals surface area contributed by atoms with Crippen LogP contribution < -0.4 is 0 Å². The lowest BCUT2D eigenvalue weighted by molar-refractivity contribution is -0.131. The molecule has 0 spiro atoms. The number of ketones is 1. The second kappa shape index (κ2) is 8.11. The summed E-state index contributed by atoms with van der Waals surface area (Å²) in [6, 6.07) is 9.43. The van der Waals surface area contributed by atoms with Crippen LogP contribution in [0.15, 0.2) is 30.3 Å². The van der Waals surface area contributed by atoms with Gasteiger partial charge in [0.05, 0.1) is 5.92 Å². The Hall–Kier alpha value is -1.41. The molecule has 0 saturated heterocycles. The minimum atomic E-state index is -2.02. The van der Waals surface area contributed by atoms with Crippen LogP contribution in [0, 0.1) is 17.8 Å². The summed E-state index contributed by atoms with van der Waals surface area (Å²) in [5, 5.41) is 10.3. The fourth-order valence-corrected chi connectivity index (χ4v) is 3.36. The highest BCUT2D eigenvalue weighted by Gasteiger charge is 2.40. The van der Waals surface area contributed by atoms with Crippen LogP contribution >= 0.6 is 0 Å². The predicted octanol–water partition coefficient (Wildman–Crippen LogP) is 4.01. The molecule has 3 nitrogen and oxygen atoms in total. The van der Waals surface area contributed by atoms with Gasteiger partial charge in [0.1, 0.15) is 12.2 Å². The highest BCUT2D eigenvalue weighted by Crippen LogP contribution is 2.37. The molecule has 0 aliphatic heterocycles. The normalized spacial score (nSPS) is 15.8. The first-order chi connectivity index (χ1) is 11.0. The summed E-state index contributed by atoms with van der Waals surface area (Å²) in [6.45, 7) is 14.1. The predicted molar refractivity (Wildman–Crippen MR) is 101 cm³/mol. The Morgan fingerprint density at radius 3 is 2.21 bits per heavy atom. The third-order valence-corrected chi connectivity index (χ3v) is 9.29. The van der Waals surface area contributed by atoms with Crippen molar-refractivity contribution in [1.29, 1.82) is 0 Å². The molecule has 0 amide bonds. The first-order valence-electron chi connectivity index (χ1n) is 8.42. The van der Waals surface area contributed by atoms with E-state index in [4.69, 9.17) is 4.43 Å². The SMILES string of the molecule is C[C@H](C(=O)[C@@H](C)O[Si](C)(C)C(C)(C)C)[C@H](O)C#Cc1ccccc1. The maximum Gasteiger partial charge on any atom is 0.193 e. The third kappa shape index (κ3) is 5.59. The number of hydrogen-bond donors (Lipinski definition) is 1. The standard InChI is InChI=1S/C20H30O3Si/c1-15(18(21)14-13-17-11-9-8-10-12-17)19(22)16(2)23-24(6,7)20(3,4)5/h8-12,15-16,18,21H,1-7H3/t15-,16+,18+/m0/s1. The van der Waals surface area contributed by atoms with Gasteiger partial charge in [-0.25, -0.2) is 0 Å². The lowest BCUT2D eigenvalue weighted by Gasteiger charge is -2.38. The zero-order valence-corrected chi connectivity index (χ0v) is 16.9. The number of aliphatic hydroxyl groups excluding tert-OH is 1. The van der Waals surface area contributed by atoms with Crippen LogP contribution in [0.2, 0.25) is 18.1 Å².